The van der Waals surface area contributed by atoms with Crippen molar-refractivity contribution in [2.45, 2.75) is 26.9 Å². The van der Waals surface area contributed by atoms with Gasteiger partial charge in [0.05, 0.1) is 11.1 Å². The van der Waals surface area contributed by atoms with Crippen LogP contribution in [0.3, 0.4) is 0 Å². The number of piperazine rings is 1. The zero-order valence-corrected chi connectivity index (χ0v) is 19.8. The fourth-order valence-electron chi connectivity index (χ4n) is 4.81. The molecule has 5 heteroatoms. The molecule has 2 aliphatic rings. The molecule has 0 atom stereocenters. The average Bonchev–Trinajstić information content (AvgIpc) is 3.14. The Labute approximate surface area is 200 Å². The molecule has 2 heterocycles. The fraction of sp³-hybridized carbons (Fsp3) is 0.276. The maximum absolute atomic E-state index is 13.2. The third-order valence-electron chi connectivity index (χ3n) is 6.66. The Balaban J connectivity index is 1.32. The molecule has 1 saturated heterocycles. The van der Waals surface area contributed by atoms with Crippen LogP contribution in [0.15, 0.2) is 66.4 Å². The van der Waals surface area contributed by atoms with Crippen LogP contribution in [0.1, 0.15) is 38.2 Å². The largest absolute Gasteiger partial charge is 0.507 e. The van der Waals surface area contributed by atoms with Crippen molar-refractivity contribution in [3.63, 3.8) is 0 Å². The molecule has 0 aliphatic carbocycles. The predicted molar refractivity (Wildman–Crippen MR) is 134 cm³/mol. The minimum atomic E-state index is -0.122. The lowest BCUT2D eigenvalue weighted by atomic mass is 9.99. The highest BCUT2D eigenvalue weighted by atomic mass is 16.5. The van der Waals surface area contributed by atoms with Gasteiger partial charge in [-0.05, 0) is 42.7 Å². The van der Waals surface area contributed by atoms with E-state index in [-0.39, 0.29) is 11.5 Å². The number of aromatic hydroxyl groups is 1. The van der Waals surface area contributed by atoms with Gasteiger partial charge in [-0.3, -0.25) is 14.6 Å². The summed E-state index contributed by atoms with van der Waals surface area (Å²) in [5.74, 6) is 0.881. The van der Waals surface area contributed by atoms with Crippen LogP contribution in [-0.2, 0) is 13.1 Å². The molecule has 0 saturated carbocycles. The van der Waals surface area contributed by atoms with Crippen LogP contribution in [0.25, 0.3) is 6.08 Å². The second-order valence-corrected chi connectivity index (χ2v) is 9.29. The number of allylic oxidation sites excluding steroid dienone is 1. The summed E-state index contributed by atoms with van der Waals surface area (Å²) in [6.07, 6.45) is 1.79. The molecule has 34 heavy (non-hydrogen) atoms. The van der Waals surface area contributed by atoms with Crippen LogP contribution < -0.4 is 4.74 Å². The smallest absolute Gasteiger partial charge is 0.232 e. The molecule has 0 spiro atoms. The van der Waals surface area contributed by atoms with E-state index in [2.05, 4.69) is 34.1 Å². The topological polar surface area (TPSA) is 53.0 Å². The number of carbonyl (C=O) groups is 1. The fourth-order valence-corrected chi connectivity index (χ4v) is 4.81. The lowest BCUT2D eigenvalue weighted by Crippen LogP contribution is -2.45. The zero-order chi connectivity index (χ0) is 23.7. The van der Waals surface area contributed by atoms with Crippen molar-refractivity contribution in [2.75, 3.05) is 26.2 Å². The standard InChI is InChI=1S/C29H30N2O3/c1-20-7-6-10-23(15-20)17-26-28(33)27-21(2)16-25(32)24(29(27)34-26)19-31-13-11-30(12-14-31)18-22-8-4-3-5-9-22/h3-10,15-17,32H,11-14,18-19H2,1-2H3/b26-17-. The number of Topliss-reactive ketones (excluding diaryl/α,β-unsaturated/α-hetero) is 1. The minimum Gasteiger partial charge on any atom is -0.507 e. The number of rotatable bonds is 5. The summed E-state index contributed by atoms with van der Waals surface area (Å²) in [6, 6.07) is 20.2. The third-order valence-corrected chi connectivity index (χ3v) is 6.66. The van der Waals surface area contributed by atoms with Crippen molar-refractivity contribution >= 4 is 11.9 Å². The third kappa shape index (κ3) is 4.63. The first-order valence-corrected chi connectivity index (χ1v) is 11.8. The lowest BCUT2D eigenvalue weighted by molar-refractivity contribution is 0.101. The molecule has 0 radical (unpaired) electrons. The van der Waals surface area contributed by atoms with Gasteiger partial charge in [0.1, 0.15) is 11.5 Å². The molecular formula is C29H30N2O3. The number of nitrogens with zero attached hydrogens (tertiary/aromatic N) is 2. The van der Waals surface area contributed by atoms with E-state index < -0.39 is 0 Å². The van der Waals surface area contributed by atoms with Gasteiger partial charge in [0.2, 0.25) is 5.78 Å². The number of ether oxygens (including phenoxy) is 1. The van der Waals surface area contributed by atoms with Crippen LogP contribution in [0.5, 0.6) is 11.5 Å². The van der Waals surface area contributed by atoms with Gasteiger partial charge in [-0.25, -0.2) is 0 Å². The number of aryl methyl sites for hydroxylation is 2. The average molecular weight is 455 g/mol. The van der Waals surface area contributed by atoms with Crippen LogP contribution >= 0.6 is 0 Å². The van der Waals surface area contributed by atoms with Crippen molar-refractivity contribution < 1.29 is 14.6 Å². The Morgan fingerprint density at radius 1 is 0.912 bits per heavy atom. The van der Waals surface area contributed by atoms with Crippen LogP contribution in [0, 0.1) is 13.8 Å². The molecule has 5 nitrogen and oxygen atoms in total. The van der Waals surface area contributed by atoms with Crippen LogP contribution in [-0.4, -0.2) is 46.9 Å². The molecule has 0 unspecified atom stereocenters. The van der Waals surface area contributed by atoms with Crippen molar-refractivity contribution in [3.8, 4) is 11.5 Å². The van der Waals surface area contributed by atoms with E-state index in [1.165, 1.54) is 5.56 Å². The van der Waals surface area contributed by atoms with Gasteiger partial charge in [0.25, 0.3) is 0 Å². The van der Waals surface area contributed by atoms with Crippen LogP contribution in [0.2, 0.25) is 0 Å². The van der Waals surface area contributed by atoms with Gasteiger partial charge < -0.3 is 9.84 Å². The first kappa shape index (κ1) is 22.4. The highest BCUT2D eigenvalue weighted by Crippen LogP contribution is 2.42. The maximum atomic E-state index is 13.2. The van der Waals surface area contributed by atoms with Crippen molar-refractivity contribution in [2.24, 2.45) is 0 Å². The number of hydrogen-bond donors (Lipinski definition) is 1. The Kier molecular flexibility index (Phi) is 6.22. The van der Waals surface area contributed by atoms with E-state index in [9.17, 15) is 9.90 Å². The number of carbonyl (C=O) groups excluding carboxylic acids is 1. The maximum Gasteiger partial charge on any atom is 0.232 e. The Morgan fingerprint density at radius 3 is 2.32 bits per heavy atom. The molecule has 2 aliphatic heterocycles. The summed E-state index contributed by atoms with van der Waals surface area (Å²) in [6.45, 7) is 9.09. The number of phenols is 1. The SMILES string of the molecule is Cc1cccc(/C=C2\Oc3c(CN4CCN(Cc5ccccc5)CC4)c(O)cc(C)c3C2=O)c1. The van der Waals surface area contributed by atoms with Gasteiger partial charge in [-0.15, -0.1) is 0 Å². The Morgan fingerprint density at radius 2 is 1.62 bits per heavy atom. The van der Waals surface area contributed by atoms with E-state index in [4.69, 9.17) is 4.74 Å². The number of hydrogen-bond acceptors (Lipinski definition) is 5. The molecule has 0 amide bonds. The van der Waals surface area contributed by atoms with E-state index in [0.717, 1.165) is 49.4 Å². The number of ketones is 1. The number of benzene rings is 3. The quantitative estimate of drug-likeness (QED) is 0.554. The first-order valence-electron chi connectivity index (χ1n) is 11.8. The minimum absolute atomic E-state index is 0.122. The molecule has 5 rings (SSSR count). The second-order valence-electron chi connectivity index (χ2n) is 9.29. The van der Waals surface area contributed by atoms with Crippen molar-refractivity contribution in [3.05, 3.63) is 99.8 Å². The monoisotopic (exact) mass is 454 g/mol. The number of fused-ring (bicyclic) bond motifs is 1. The summed E-state index contributed by atoms with van der Waals surface area (Å²) in [5, 5.41) is 10.8. The molecule has 0 bridgehead atoms. The highest BCUT2D eigenvalue weighted by Gasteiger charge is 2.34. The van der Waals surface area contributed by atoms with E-state index in [1.807, 2.05) is 44.2 Å². The van der Waals surface area contributed by atoms with Gasteiger partial charge in [-0.1, -0.05) is 60.2 Å². The summed E-state index contributed by atoms with van der Waals surface area (Å²) >= 11 is 0. The Bertz CT molecular complexity index is 1240. The first-order chi connectivity index (χ1) is 16.5. The molecule has 1 N–H and O–H groups in total. The molecule has 3 aromatic carbocycles. The predicted octanol–water partition coefficient (Wildman–Crippen LogP) is 4.94. The molecule has 3 aromatic rings. The van der Waals surface area contributed by atoms with Crippen LogP contribution in [0.4, 0.5) is 0 Å². The molecule has 0 aromatic heterocycles. The summed E-state index contributed by atoms with van der Waals surface area (Å²) in [5.41, 5.74) is 5.37. The zero-order valence-electron chi connectivity index (χ0n) is 19.8. The van der Waals surface area contributed by atoms with E-state index in [1.54, 1.807) is 12.1 Å². The Hall–Kier alpha value is -3.41. The van der Waals surface area contributed by atoms with Gasteiger partial charge in [0.15, 0.2) is 5.76 Å². The highest BCUT2D eigenvalue weighted by molar-refractivity contribution is 6.15. The van der Waals surface area contributed by atoms with E-state index in [0.29, 0.717) is 29.2 Å². The second kappa shape index (κ2) is 9.45. The van der Waals surface area contributed by atoms with Crippen molar-refractivity contribution in [1.29, 1.82) is 0 Å². The lowest BCUT2D eigenvalue weighted by Gasteiger charge is -2.35. The van der Waals surface area contributed by atoms with Gasteiger partial charge in [-0.2, -0.15) is 0 Å². The van der Waals surface area contributed by atoms with Gasteiger partial charge in [0, 0.05) is 39.3 Å². The van der Waals surface area contributed by atoms with E-state index >= 15 is 0 Å². The van der Waals surface area contributed by atoms with Crippen molar-refractivity contribution in [1.82, 2.24) is 9.80 Å². The molecule has 174 valence electrons. The van der Waals surface area contributed by atoms with Gasteiger partial charge >= 0.3 is 0 Å². The summed E-state index contributed by atoms with van der Waals surface area (Å²) < 4.78 is 6.11. The molecular weight excluding hydrogens is 424 g/mol. The summed E-state index contributed by atoms with van der Waals surface area (Å²) in [7, 11) is 0. The number of phenolic OH excluding ortho intramolecular Hbond substituents is 1. The molecule has 1 fully saturated rings. The summed E-state index contributed by atoms with van der Waals surface area (Å²) in [4.78, 5) is 18.0. The normalized spacial score (nSPS) is 17.7.